The molecule has 0 unspecified atom stereocenters. The van der Waals surface area contributed by atoms with E-state index in [1.54, 1.807) is 0 Å². The van der Waals surface area contributed by atoms with Crippen molar-refractivity contribution in [3.05, 3.63) is 46.9 Å². The van der Waals surface area contributed by atoms with Crippen molar-refractivity contribution in [3.63, 3.8) is 0 Å². The summed E-state index contributed by atoms with van der Waals surface area (Å²) in [5.74, 6) is 0.594. The van der Waals surface area contributed by atoms with Gasteiger partial charge in [-0.25, -0.2) is 4.98 Å². The Hall–Kier alpha value is -2.10. The number of hydrogen-bond donors (Lipinski definition) is 1. The fourth-order valence-corrected chi connectivity index (χ4v) is 1.57. The monoisotopic (exact) mass is 215 g/mol. The first-order chi connectivity index (χ1) is 7.68. The van der Waals surface area contributed by atoms with Crippen LogP contribution in [0, 0.1) is 0 Å². The zero-order valence-electron chi connectivity index (χ0n) is 9.27. The molecule has 0 aliphatic heterocycles. The summed E-state index contributed by atoms with van der Waals surface area (Å²) in [5, 5.41) is 0. The highest BCUT2D eigenvalue weighted by molar-refractivity contribution is 5.73. The molecule has 0 aliphatic carbocycles. The molecule has 1 N–H and O–H groups in total. The molecule has 4 nitrogen and oxygen atoms in total. The Labute approximate surface area is 93.6 Å². The molecule has 2 aromatic rings. The van der Waals surface area contributed by atoms with Crippen LogP contribution in [0.5, 0.6) is 0 Å². The summed E-state index contributed by atoms with van der Waals surface area (Å²) < 4.78 is 0. The molecule has 82 valence electrons. The molecule has 0 amide bonds. The summed E-state index contributed by atoms with van der Waals surface area (Å²) in [7, 11) is 3.92. The van der Waals surface area contributed by atoms with Crippen molar-refractivity contribution in [1.82, 2.24) is 9.97 Å². The van der Waals surface area contributed by atoms with Gasteiger partial charge in [0.25, 0.3) is 5.56 Å². The molecule has 4 heteroatoms. The number of H-pyrrole nitrogens is 1. The summed E-state index contributed by atoms with van der Waals surface area (Å²) >= 11 is 0. The molecule has 0 aliphatic rings. The van der Waals surface area contributed by atoms with Crippen LogP contribution in [0.4, 0.5) is 5.69 Å². The number of para-hydroxylation sites is 1. The summed E-state index contributed by atoms with van der Waals surface area (Å²) in [6.07, 6.45) is 1.51. The fourth-order valence-electron chi connectivity index (χ4n) is 1.57. The maximum Gasteiger partial charge on any atom is 0.251 e. The van der Waals surface area contributed by atoms with Crippen molar-refractivity contribution in [1.29, 1.82) is 0 Å². The summed E-state index contributed by atoms with van der Waals surface area (Å²) in [4.78, 5) is 20.1. The van der Waals surface area contributed by atoms with E-state index in [0.717, 1.165) is 11.3 Å². The van der Waals surface area contributed by atoms with Crippen molar-refractivity contribution in [3.8, 4) is 11.4 Å². The Morgan fingerprint density at radius 3 is 2.62 bits per heavy atom. The van der Waals surface area contributed by atoms with Gasteiger partial charge in [-0.05, 0) is 12.1 Å². The molecule has 0 saturated heterocycles. The maximum atomic E-state index is 11.2. The topological polar surface area (TPSA) is 49.0 Å². The number of rotatable bonds is 2. The van der Waals surface area contributed by atoms with Gasteiger partial charge in [-0.2, -0.15) is 0 Å². The zero-order valence-corrected chi connectivity index (χ0v) is 9.27. The van der Waals surface area contributed by atoms with Gasteiger partial charge in [-0.1, -0.05) is 12.1 Å². The van der Waals surface area contributed by atoms with Crippen LogP contribution >= 0.6 is 0 Å². The van der Waals surface area contributed by atoms with Crippen LogP contribution in [0.1, 0.15) is 0 Å². The molecule has 16 heavy (non-hydrogen) atoms. The lowest BCUT2D eigenvalue weighted by atomic mass is 10.1. The van der Waals surface area contributed by atoms with E-state index >= 15 is 0 Å². The van der Waals surface area contributed by atoms with E-state index in [1.807, 2.05) is 43.3 Å². The van der Waals surface area contributed by atoms with Crippen molar-refractivity contribution in [2.45, 2.75) is 0 Å². The van der Waals surface area contributed by atoms with Crippen LogP contribution in [0.15, 0.2) is 41.3 Å². The molecule has 0 radical (unpaired) electrons. The minimum atomic E-state index is -0.140. The molecule has 1 aromatic carbocycles. The Morgan fingerprint density at radius 2 is 1.94 bits per heavy atom. The van der Waals surface area contributed by atoms with Crippen molar-refractivity contribution in [2.75, 3.05) is 19.0 Å². The fraction of sp³-hybridized carbons (Fsp3) is 0.167. The number of nitrogens with zero attached hydrogens (tertiary/aromatic N) is 2. The van der Waals surface area contributed by atoms with Crippen molar-refractivity contribution < 1.29 is 0 Å². The highest BCUT2D eigenvalue weighted by Crippen LogP contribution is 2.25. The van der Waals surface area contributed by atoms with Gasteiger partial charge < -0.3 is 9.88 Å². The Morgan fingerprint density at radius 1 is 1.19 bits per heavy atom. The number of hydrogen-bond acceptors (Lipinski definition) is 3. The minimum absolute atomic E-state index is 0.140. The normalized spacial score (nSPS) is 10.1. The third kappa shape index (κ3) is 1.95. The Bertz CT molecular complexity index is 546. The van der Waals surface area contributed by atoms with E-state index in [1.165, 1.54) is 12.3 Å². The summed E-state index contributed by atoms with van der Waals surface area (Å²) in [5.41, 5.74) is 1.81. The first-order valence-electron chi connectivity index (χ1n) is 5.00. The summed E-state index contributed by atoms with van der Waals surface area (Å²) in [6, 6.07) is 9.22. The second kappa shape index (κ2) is 4.18. The molecule has 0 atom stereocenters. The molecular weight excluding hydrogens is 202 g/mol. The molecule has 0 bridgehead atoms. The number of aromatic amines is 1. The third-order valence-electron chi connectivity index (χ3n) is 2.31. The van der Waals surface area contributed by atoms with E-state index in [-0.39, 0.29) is 5.56 Å². The third-order valence-corrected chi connectivity index (χ3v) is 2.31. The molecule has 1 aromatic heterocycles. The smallest absolute Gasteiger partial charge is 0.251 e. The minimum Gasteiger partial charge on any atom is -0.377 e. The van der Waals surface area contributed by atoms with Crippen molar-refractivity contribution in [2.24, 2.45) is 0 Å². The lowest BCUT2D eigenvalue weighted by molar-refractivity contribution is 1.10. The number of benzene rings is 1. The SMILES string of the molecule is CN(C)c1ccccc1-c1nccc(=O)[nH]1. The van der Waals surface area contributed by atoms with E-state index in [9.17, 15) is 4.79 Å². The van der Waals surface area contributed by atoms with E-state index < -0.39 is 0 Å². The van der Waals surface area contributed by atoms with Gasteiger partial charge in [0.2, 0.25) is 0 Å². The van der Waals surface area contributed by atoms with Crippen LogP contribution in [0.3, 0.4) is 0 Å². The second-order valence-corrected chi connectivity index (χ2v) is 3.69. The molecule has 0 spiro atoms. The lowest BCUT2D eigenvalue weighted by Gasteiger charge is -2.16. The standard InChI is InChI=1S/C12H13N3O/c1-15(2)10-6-4-3-5-9(10)12-13-8-7-11(16)14-12/h3-8H,1-2H3,(H,13,14,16). The van der Waals surface area contributed by atoms with Gasteiger partial charge in [0.1, 0.15) is 5.82 Å². The Balaban J connectivity index is 2.60. The molecule has 0 saturated carbocycles. The van der Waals surface area contributed by atoms with Crippen molar-refractivity contribution >= 4 is 5.69 Å². The lowest BCUT2D eigenvalue weighted by Crippen LogP contribution is -2.12. The van der Waals surface area contributed by atoms with Crippen LogP contribution < -0.4 is 10.5 Å². The first-order valence-corrected chi connectivity index (χ1v) is 5.00. The molecule has 0 fully saturated rings. The van der Waals surface area contributed by atoms with E-state index in [0.29, 0.717) is 5.82 Å². The predicted molar refractivity (Wildman–Crippen MR) is 64.6 cm³/mol. The number of aromatic nitrogens is 2. The van der Waals surface area contributed by atoms with Gasteiger partial charge in [0.05, 0.1) is 0 Å². The van der Waals surface area contributed by atoms with Gasteiger partial charge >= 0.3 is 0 Å². The van der Waals surface area contributed by atoms with Crippen LogP contribution in [0.2, 0.25) is 0 Å². The zero-order chi connectivity index (χ0) is 11.5. The summed E-state index contributed by atoms with van der Waals surface area (Å²) in [6.45, 7) is 0. The predicted octanol–water partition coefficient (Wildman–Crippen LogP) is 1.50. The number of anilines is 1. The van der Waals surface area contributed by atoms with Crippen LogP contribution in [0.25, 0.3) is 11.4 Å². The van der Waals surface area contributed by atoms with Gasteiger partial charge in [-0.15, -0.1) is 0 Å². The molecular formula is C12H13N3O. The number of nitrogens with one attached hydrogen (secondary N) is 1. The molecule has 2 rings (SSSR count). The molecule has 1 heterocycles. The Kier molecular flexibility index (Phi) is 2.72. The average molecular weight is 215 g/mol. The van der Waals surface area contributed by atoms with Gasteiger partial charge in [0, 0.05) is 37.6 Å². The maximum absolute atomic E-state index is 11.2. The highest BCUT2D eigenvalue weighted by atomic mass is 16.1. The van der Waals surface area contributed by atoms with E-state index in [2.05, 4.69) is 9.97 Å². The second-order valence-electron chi connectivity index (χ2n) is 3.69. The largest absolute Gasteiger partial charge is 0.377 e. The first kappa shape index (κ1) is 10.4. The quantitative estimate of drug-likeness (QED) is 0.826. The van der Waals surface area contributed by atoms with Gasteiger partial charge in [-0.3, -0.25) is 4.79 Å². The van der Waals surface area contributed by atoms with Crippen LogP contribution in [-0.2, 0) is 0 Å². The van der Waals surface area contributed by atoms with Gasteiger partial charge in [0.15, 0.2) is 0 Å². The average Bonchev–Trinajstić information content (AvgIpc) is 2.29. The highest BCUT2D eigenvalue weighted by Gasteiger charge is 2.07. The van der Waals surface area contributed by atoms with Crippen LogP contribution in [-0.4, -0.2) is 24.1 Å². The van der Waals surface area contributed by atoms with E-state index in [4.69, 9.17) is 0 Å².